The molecule has 2 rings (SSSR count). The highest BCUT2D eigenvalue weighted by Gasteiger charge is 2.31. The molecule has 1 aliphatic carbocycles. The molecule has 0 aliphatic heterocycles. The van der Waals surface area contributed by atoms with Gasteiger partial charge in [0, 0.05) is 10.4 Å². The molecule has 0 saturated carbocycles. The molecule has 0 saturated heterocycles. The minimum Gasteiger partial charge on any atom is -0.481 e. The molecule has 19 heavy (non-hydrogen) atoms. The van der Waals surface area contributed by atoms with Crippen molar-refractivity contribution in [3.63, 3.8) is 0 Å². The highest BCUT2D eigenvalue weighted by molar-refractivity contribution is 7.10. The quantitative estimate of drug-likeness (QED) is 0.891. The molecule has 1 atom stereocenters. The van der Waals surface area contributed by atoms with Crippen LogP contribution in [0.15, 0.2) is 11.4 Å². The van der Waals surface area contributed by atoms with Gasteiger partial charge >= 0.3 is 5.97 Å². The van der Waals surface area contributed by atoms with Crippen LogP contribution in [-0.2, 0) is 16.0 Å². The Hall–Kier alpha value is -1.36. The Morgan fingerprint density at radius 3 is 2.95 bits per heavy atom. The number of carbonyl (C=O) groups excluding carboxylic acids is 1. The molecule has 1 amide bonds. The van der Waals surface area contributed by atoms with E-state index in [-0.39, 0.29) is 18.2 Å². The standard InChI is InChI=1S/C14H19NO3S/c1-14(2,8-12(16)17)15-13(18)10-4-3-5-11-9(10)6-7-19-11/h6-7,10H,3-5,8H2,1-2H3,(H,15,18)(H,16,17). The van der Waals surface area contributed by atoms with Gasteiger partial charge in [-0.05, 0) is 50.1 Å². The van der Waals surface area contributed by atoms with E-state index < -0.39 is 11.5 Å². The van der Waals surface area contributed by atoms with Crippen LogP contribution >= 0.6 is 11.3 Å². The summed E-state index contributed by atoms with van der Waals surface area (Å²) in [5.74, 6) is -1.07. The summed E-state index contributed by atoms with van der Waals surface area (Å²) < 4.78 is 0. The van der Waals surface area contributed by atoms with Gasteiger partial charge < -0.3 is 10.4 Å². The normalized spacial score (nSPS) is 18.7. The second kappa shape index (κ2) is 5.33. The maximum absolute atomic E-state index is 12.4. The van der Waals surface area contributed by atoms with Gasteiger partial charge in [0.05, 0.1) is 12.3 Å². The molecule has 0 aromatic carbocycles. The third-order valence-corrected chi connectivity index (χ3v) is 4.42. The summed E-state index contributed by atoms with van der Waals surface area (Å²) in [4.78, 5) is 24.4. The van der Waals surface area contributed by atoms with E-state index in [1.165, 1.54) is 4.88 Å². The average molecular weight is 281 g/mol. The fourth-order valence-electron chi connectivity index (χ4n) is 2.60. The lowest BCUT2D eigenvalue weighted by atomic mass is 9.86. The first-order valence-electron chi connectivity index (χ1n) is 6.49. The first-order chi connectivity index (χ1) is 8.89. The van der Waals surface area contributed by atoms with E-state index in [4.69, 9.17) is 5.11 Å². The summed E-state index contributed by atoms with van der Waals surface area (Å²) >= 11 is 1.70. The fourth-order valence-corrected chi connectivity index (χ4v) is 3.59. The Labute approximate surface area is 116 Å². The van der Waals surface area contributed by atoms with Crippen molar-refractivity contribution in [3.8, 4) is 0 Å². The number of fused-ring (bicyclic) bond motifs is 1. The molecule has 1 aromatic rings. The van der Waals surface area contributed by atoms with E-state index in [1.54, 1.807) is 25.2 Å². The Morgan fingerprint density at radius 1 is 1.53 bits per heavy atom. The lowest BCUT2D eigenvalue weighted by molar-refractivity contribution is -0.138. The number of carboxylic acid groups (broad SMARTS) is 1. The van der Waals surface area contributed by atoms with Crippen LogP contribution in [0.2, 0.25) is 0 Å². The van der Waals surface area contributed by atoms with Crippen molar-refractivity contribution in [1.82, 2.24) is 5.32 Å². The van der Waals surface area contributed by atoms with Gasteiger partial charge in [0.1, 0.15) is 0 Å². The van der Waals surface area contributed by atoms with Crippen molar-refractivity contribution < 1.29 is 14.7 Å². The smallest absolute Gasteiger partial charge is 0.305 e. The molecular weight excluding hydrogens is 262 g/mol. The SMILES string of the molecule is CC(C)(CC(=O)O)NC(=O)C1CCCc2sccc21. The third kappa shape index (κ3) is 3.35. The van der Waals surface area contributed by atoms with E-state index in [2.05, 4.69) is 5.32 Å². The lowest BCUT2D eigenvalue weighted by Gasteiger charge is -2.29. The van der Waals surface area contributed by atoms with E-state index >= 15 is 0 Å². The zero-order valence-electron chi connectivity index (χ0n) is 11.2. The van der Waals surface area contributed by atoms with Gasteiger partial charge in [0.2, 0.25) is 5.91 Å². The van der Waals surface area contributed by atoms with Crippen molar-refractivity contribution in [1.29, 1.82) is 0 Å². The van der Waals surface area contributed by atoms with Crippen LogP contribution in [0.25, 0.3) is 0 Å². The van der Waals surface area contributed by atoms with Crippen molar-refractivity contribution in [2.24, 2.45) is 0 Å². The number of hydrogen-bond donors (Lipinski definition) is 2. The van der Waals surface area contributed by atoms with E-state index in [0.29, 0.717) is 0 Å². The van der Waals surface area contributed by atoms with Gasteiger partial charge in [-0.3, -0.25) is 9.59 Å². The summed E-state index contributed by atoms with van der Waals surface area (Å²) in [5.41, 5.74) is 0.413. The van der Waals surface area contributed by atoms with E-state index in [9.17, 15) is 9.59 Å². The molecule has 0 fully saturated rings. The highest BCUT2D eigenvalue weighted by atomic mass is 32.1. The number of carboxylic acids is 1. The number of rotatable bonds is 4. The predicted octanol–water partition coefficient (Wildman–Crippen LogP) is 2.54. The van der Waals surface area contributed by atoms with Gasteiger partial charge in [-0.15, -0.1) is 11.3 Å². The number of aliphatic carboxylic acids is 1. The molecule has 1 aromatic heterocycles. The van der Waals surface area contributed by atoms with Crippen LogP contribution in [0.1, 0.15) is 49.5 Å². The zero-order valence-corrected chi connectivity index (χ0v) is 12.0. The summed E-state index contributed by atoms with van der Waals surface area (Å²) in [7, 11) is 0. The molecule has 0 spiro atoms. The molecule has 104 valence electrons. The van der Waals surface area contributed by atoms with Gasteiger partial charge in [-0.2, -0.15) is 0 Å². The van der Waals surface area contributed by atoms with Crippen LogP contribution in [0.3, 0.4) is 0 Å². The first-order valence-corrected chi connectivity index (χ1v) is 7.37. The van der Waals surface area contributed by atoms with Gasteiger partial charge in [-0.25, -0.2) is 0 Å². The van der Waals surface area contributed by atoms with Crippen LogP contribution < -0.4 is 5.32 Å². The van der Waals surface area contributed by atoms with E-state index in [0.717, 1.165) is 24.8 Å². The number of thiophene rings is 1. The molecule has 1 unspecified atom stereocenters. The Bertz CT molecular complexity index is 493. The second-order valence-corrected chi connectivity index (χ2v) is 6.69. The van der Waals surface area contributed by atoms with Crippen molar-refractivity contribution >= 4 is 23.2 Å². The fraction of sp³-hybridized carbons (Fsp3) is 0.571. The molecule has 0 bridgehead atoms. The molecule has 0 radical (unpaired) electrons. The van der Waals surface area contributed by atoms with Gasteiger partial charge in [0.25, 0.3) is 0 Å². The summed E-state index contributed by atoms with van der Waals surface area (Å²) in [6.45, 7) is 3.49. The predicted molar refractivity (Wildman–Crippen MR) is 74.5 cm³/mol. The van der Waals surface area contributed by atoms with Crippen LogP contribution in [0, 0.1) is 0 Å². The average Bonchev–Trinajstić information content (AvgIpc) is 2.73. The highest BCUT2D eigenvalue weighted by Crippen LogP contribution is 2.35. The maximum Gasteiger partial charge on any atom is 0.305 e. The molecular formula is C14H19NO3S. The molecule has 2 N–H and O–H groups in total. The molecule has 5 heteroatoms. The number of amides is 1. The Balaban J connectivity index is 2.08. The van der Waals surface area contributed by atoms with Gasteiger partial charge in [0.15, 0.2) is 0 Å². The number of nitrogens with one attached hydrogen (secondary N) is 1. The maximum atomic E-state index is 12.4. The number of carbonyl (C=O) groups is 2. The molecule has 1 heterocycles. The minimum absolute atomic E-state index is 0.0504. The molecule has 1 aliphatic rings. The van der Waals surface area contributed by atoms with Crippen LogP contribution in [0.4, 0.5) is 0 Å². The monoisotopic (exact) mass is 281 g/mol. The zero-order chi connectivity index (χ0) is 14.0. The summed E-state index contributed by atoms with van der Waals surface area (Å²) in [6.07, 6.45) is 2.85. The van der Waals surface area contributed by atoms with Crippen molar-refractivity contribution in [3.05, 3.63) is 21.9 Å². The van der Waals surface area contributed by atoms with Crippen molar-refractivity contribution in [2.45, 2.75) is 51.0 Å². The van der Waals surface area contributed by atoms with E-state index in [1.807, 2.05) is 11.4 Å². The van der Waals surface area contributed by atoms with Crippen LogP contribution in [0.5, 0.6) is 0 Å². The lowest BCUT2D eigenvalue weighted by Crippen LogP contribution is -2.47. The number of hydrogen-bond acceptors (Lipinski definition) is 3. The topological polar surface area (TPSA) is 66.4 Å². The number of aryl methyl sites for hydroxylation is 1. The Kier molecular flexibility index (Phi) is 3.94. The van der Waals surface area contributed by atoms with Crippen molar-refractivity contribution in [2.75, 3.05) is 0 Å². The molecule has 4 nitrogen and oxygen atoms in total. The third-order valence-electron chi connectivity index (χ3n) is 3.42. The minimum atomic E-state index is -0.898. The second-order valence-electron chi connectivity index (χ2n) is 5.69. The summed E-state index contributed by atoms with van der Waals surface area (Å²) in [6, 6.07) is 2.02. The summed E-state index contributed by atoms with van der Waals surface area (Å²) in [5, 5.41) is 13.7. The first kappa shape index (κ1) is 14.1. The largest absolute Gasteiger partial charge is 0.481 e. The van der Waals surface area contributed by atoms with Gasteiger partial charge in [-0.1, -0.05) is 0 Å². The Morgan fingerprint density at radius 2 is 2.26 bits per heavy atom. The van der Waals surface area contributed by atoms with Crippen LogP contribution in [-0.4, -0.2) is 22.5 Å².